The molecule has 2 rings (SSSR count). The number of nitrogens with one attached hydrogen (secondary N) is 2. The summed E-state index contributed by atoms with van der Waals surface area (Å²) in [4.78, 5) is 19.8. The summed E-state index contributed by atoms with van der Waals surface area (Å²) in [5.74, 6) is -0.282. The van der Waals surface area contributed by atoms with Crippen molar-refractivity contribution in [2.75, 3.05) is 0 Å². The van der Waals surface area contributed by atoms with Crippen molar-refractivity contribution in [3.8, 4) is 0 Å². The summed E-state index contributed by atoms with van der Waals surface area (Å²) in [6.45, 7) is 2.60. The highest BCUT2D eigenvalue weighted by Gasteiger charge is 1.99. The largest absolute Gasteiger partial charge is 0.286 e. The Morgan fingerprint density at radius 1 is 1.24 bits per heavy atom. The second kappa shape index (κ2) is 7.91. The van der Waals surface area contributed by atoms with E-state index in [9.17, 15) is 4.79 Å². The normalized spacial score (nSPS) is 10.7. The van der Waals surface area contributed by atoms with E-state index in [2.05, 4.69) is 27.8 Å². The maximum Gasteiger partial charge on any atom is 0.276 e. The number of amides is 1. The Morgan fingerprint density at radius 3 is 2.76 bits per heavy atom. The molecule has 21 heavy (non-hydrogen) atoms. The molecule has 0 bridgehead atoms. The first-order valence-corrected chi connectivity index (χ1v) is 6.83. The molecule has 0 spiro atoms. The standard InChI is InChI=1S/C16H18N4O/c1-2-14-5-3-4-6-15(14)18-12-16(21)20-19-11-13-7-9-17-10-8-13/h3-10,12,19H,2,11H2,1H3,(H,20,21). The number of aliphatic imine (C=N–C) groups is 1. The number of hydrogen-bond donors (Lipinski definition) is 2. The molecule has 0 radical (unpaired) electrons. The van der Waals surface area contributed by atoms with Crippen LogP contribution >= 0.6 is 0 Å². The Hall–Kier alpha value is -2.53. The minimum atomic E-state index is -0.282. The van der Waals surface area contributed by atoms with Crippen LogP contribution in [-0.2, 0) is 17.8 Å². The third kappa shape index (κ3) is 4.81. The van der Waals surface area contributed by atoms with Crippen LogP contribution in [0.2, 0.25) is 0 Å². The number of carbonyl (C=O) groups is 1. The highest BCUT2D eigenvalue weighted by Crippen LogP contribution is 2.18. The predicted octanol–water partition coefficient (Wildman–Crippen LogP) is 2.17. The lowest BCUT2D eigenvalue weighted by Crippen LogP contribution is -2.37. The summed E-state index contributed by atoms with van der Waals surface area (Å²) in [7, 11) is 0. The van der Waals surface area contributed by atoms with E-state index in [4.69, 9.17) is 0 Å². The Morgan fingerprint density at radius 2 is 2.00 bits per heavy atom. The third-order valence-electron chi connectivity index (χ3n) is 2.95. The molecule has 0 unspecified atom stereocenters. The Kier molecular flexibility index (Phi) is 5.60. The molecule has 1 heterocycles. The van der Waals surface area contributed by atoms with Crippen molar-refractivity contribution in [1.29, 1.82) is 0 Å². The molecule has 2 aromatic rings. The van der Waals surface area contributed by atoms with Crippen LogP contribution in [0.4, 0.5) is 5.69 Å². The first kappa shape index (κ1) is 14.9. The van der Waals surface area contributed by atoms with E-state index in [0.29, 0.717) is 6.54 Å². The van der Waals surface area contributed by atoms with Crippen LogP contribution in [0.1, 0.15) is 18.1 Å². The summed E-state index contributed by atoms with van der Waals surface area (Å²) in [6, 6.07) is 11.5. The average Bonchev–Trinajstić information content (AvgIpc) is 2.54. The molecule has 0 aliphatic rings. The highest BCUT2D eigenvalue weighted by atomic mass is 16.2. The monoisotopic (exact) mass is 282 g/mol. The van der Waals surface area contributed by atoms with Gasteiger partial charge in [0.25, 0.3) is 5.91 Å². The van der Waals surface area contributed by atoms with Gasteiger partial charge in [-0.15, -0.1) is 0 Å². The van der Waals surface area contributed by atoms with Gasteiger partial charge in [-0.2, -0.15) is 0 Å². The molecule has 0 saturated carbocycles. The number of aryl methyl sites for hydroxylation is 1. The van der Waals surface area contributed by atoms with Gasteiger partial charge in [0, 0.05) is 18.9 Å². The fraction of sp³-hybridized carbons (Fsp3) is 0.188. The van der Waals surface area contributed by atoms with Gasteiger partial charge in [-0.3, -0.25) is 20.2 Å². The quantitative estimate of drug-likeness (QED) is 0.630. The van der Waals surface area contributed by atoms with Crippen molar-refractivity contribution >= 4 is 17.8 Å². The van der Waals surface area contributed by atoms with Gasteiger partial charge >= 0.3 is 0 Å². The van der Waals surface area contributed by atoms with E-state index >= 15 is 0 Å². The van der Waals surface area contributed by atoms with Crippen LogP contribution in [0, 0.1) is 0 Å². The van der Waals surface area contributed by atoms with Crippen LogP contribution in [-0.4, -0.2) is 17.1 Å². The molecule has 5 nitrogen and oxygen atoms in total. The fourth-order valence-corrected chi connectivity index (χ4v) is 1.83. The van der Waals surface area contributed by atoms with E-state index in [1.54, 1.807) is 12.4 Å². The SMILES string of the molecule is CCc1ccccc1N=CC(=O)NNCc1ccncc1. The first-order valence-electron chi connectivity index (χ1n) is 6.83. The van der Waals surface area contributed by atoms with Crippen molar-refractivity contribution in [3.63, 3.8) is 0 Å². The number of hydrazine groups is 1. The van der Waals surface area contributed by atoms with Crippen molar-refractivity contribution in [2.45, 2.75) is 19.9 Å². The third-order valence-corrected chi connectivity index (χ3v) is 2.95. The van der Waals surface area contributed by atoms with Gasteiger partial charge < -0.3 is 0 Å². The number of carbonyl (C=O) groups excluding carboxylic acids is 1. The number of nitrogens with zero attached hydrogens (tertiary/aromatic N) is 2. The molecule has 0 aliphatic carbocycles. The molecule has 1 amide bonds. The second-order valence-corrected chi connectivity index (χ2v) is 4.44. The van der Waals surface area contributed by atoms with Gasteiger partial charge in [0.15, 0.2) is 0 Å². The van der Waals surface area contributed by atoms with Gasteiger partial charge in [-0.25, -0.2) is 5.43 Å². The van der Waals surface area contributed by atoms with Crippen molar-refractivity contribution in [3.05, 3.63) is 59.9 Å². The lowest BCUT2D eigenvalue weighted by molar-refractivity contribution is -0.115. The lowest BCUT2D eigenvalue weighted by atomic mass is 10.1. The van der Waals surface area contributed by atoms with Gasteiger partial charge in [-0.05, 0) is 35.7 Å². The van der Waals surface area contributed by atoms with Gasteiger partial charge in [0.2, 0.25) is 0 Å². The molecule has 0 atom stereocenters. The number of para-hydroxylation sites is 1. The van der Waals surface area contributed by atoms with Crippen LogP contribution in [0.25, 0.3) is 0 Å². The van der Waals surface area contributed by atoms with Crippen molar-refractivity contribution < 1.29 is 4.79 Å². The smallest absolute Gasteiger partial charge is 0.276 e. The van der Waals surface area contributed by atoms with E-state index in [0.717, 1.165) is 23.2 Å². The molecule has 108 valence electrons. The Labute approximate surface area is 124 Å². The predicted molar refractivity (Wildman–Crippen MR) is 83.2 cm³/mol. The van der Waals surface area contributed by atoms with Crippen molar-refractivity contribution in [2.24, 2.45) is 4.99 Å². The van der Waals surface area contributed by atoms with Crippen LogP contribution in [0.5, 0.6) is 0 Å². The van der Waals surface area contributed by atoms with Crippen molar-refractivity contribution in [1.82, 2.24) is 15.8 Å². The number of hydrogen-bond acceptors (Lipinski definition) is 4. The zero-order valence-electron chi connectivity index (χ0n) is 11.9. The van der Waals surface area contributed by atoms with Gasteiger partial charge in [-0.1, -0.05) is 25.1 Å². The number of aromatic nitrogens is 1. The number of pyridine rings is 1. The summed E-state index contributed by atoms with van der Waals surface area (Å²) in [6.07, 6.45) is 5.59. The highest BCUT2D eigenvalue weighted by molar-refractivity contribution is 6.26. The molecule has 0 aliphatic heterocycles. The second-order valence-electron chi connectivity index (χ2n) is 4.44. The molecule has 0 saturated heterocycles. The number of rotatable bonds is 6. The first-order chi connectivity index (χ1) is 10.3. The maximum absolute atomic E-state index is 11.7. The summed E-state index contributed by atoms with van der Waals surface area (Å²) in [5, 5.41) is 0. The topological polar surface area (TPSA) is 66.4 Å². The van der Waals surface area contributed by atoms with E-state index in [1.807, 2.05) is 36.4 Å². The maximum atomic E-state index is 11.7. The van der Waals surface area contributed by atoms with E-state index < -0.39 is 0 Å². The van der Waals surface area contributed by atoms with Crippen LogP contribution in [0.3, 0.4) is 0 Å². The molecule has 5 heteroatoms. The molecular weight excluding hydrogens is 264 g/mol. The summed E-state index contributed by atoms with van der Waals surface area (Å²) in [5.41, 5.74) is 8.41. The average molecular weight is 282 g/mol. The zero-order valence-corrected chi connectivity index (χ0v) is 11.9. The molecule has 0 fully saturated rings. The summed E-state index contributed by atoms with van der Waals surface area (Å²) >= 11 is 0. The summed E-state index contributed by atoms with van der Waals surface area (Å²) < 4.78 is 0. The van der Waals surface area contributed by atoms with Gasteiger partial charge in [0.05, 0.1) is 11.9 Å². The zero-order chi connectivity index (χ0) is 14.9. The Bertz CT molecular complexity index is 611. The van der Waals surface area contributed by atoms with E-state index in [-0.39, 0.29) is 5.91 Å². The minimum absolute atomic E-state index is 0.282. The van der Waals surface area contributed by atoms with Crippen LogP contribution < -0.4 is 10.9 Å². The molecule has 1 aromatic heterocycles. The lowest BCUT2D eigenvalue weighted by Gasteiger charge is -2.05. The van der Waals surface area contributed by atoms with Gasteiger partial charge in [0.1, 0.15) is 0 Å². The fourth-order valence-electron chi connectivity index (χ4n) is 1.83. The Balaban J connectivity index is 1.83. The minimum Gasteiger partial charge on any atom is -0.286 e. The number of benzene rings is 1. The van der Waals surface area contributed by atoms with Crippen LogP contribution in [0.15, 0.2) is 53.8 Å². The molecular formula is C16H18N4O. The molecule has 1 aromatic carbocycles. The molecule has 2 N–H and O–H groups in total. The van der Waals surface area contributed by atoms with E-state index in [1.165, 1.54) is 6.21 Å².